The summed E-state index contributed by atoms with van der Waals surface area (Å²) in [5.41, 5.74) is 0.848. The van der Waals surface area contributed by atoms with E-state index >= 15 is 0 Å². The third-order valence-electron chi connectivity index (χ3n) is 3.56. The molecule has 8 heteroatoms. The van der Waals surface area contributed by atoms with E-state index in [0.29, 0.717) is 13.1 Å². The topological polar surface area (TPSA) is 49.8 Å². The first-order chi connectivity index (χ1) is 11.6. The highest BCUT2D eigenvalue weighted by atomic mass is 127. The number of guanidine groups is 1. The molecule has 0 atom stereocenters. The number of halogens is 2. The highest BCUT2D eigenvalue weighted by Crippen LogP contribution is 2.18. The van der Waals surface area contributed by atoms with Crippen LogP contribution in [0.15, 0.2) is 29.4 Å². The zero-order chi connectivity index (χ0) is 17.5. The van der Waals surface area contributed by atoms with E-state index in [1.165, 1.54) is 18.1 Å². The Balaban J connectivity index is 0.00000312. The Morgan fingerprint density at radius 2 is 2.20 bits per heavy atom. The molecule has 0 unspecified atom stereocenters. The second-order valence-corrected chi connectivity index (χ2v) is 6.50. The number of hydrogen-bond donors (Lipinski definition) is 1. The summed E-state index contributed by atoms with van der Waals surface area (Å²) in [6, 6.07) is 4.97. The van der Waals surface area contributed by atoms with Crippen LogP contribution in [-0.2, 0) is 19.5 Å². The van der Waals surface area contributed by atoms with E-state index in [9.17, 15) is 4.39 Å². The number of thiazole rings is 1. The van der Waals surface area contributed by atoms with Gasteiger partial charge in [0.05, 0.1) is 13.7 Å². The number of methoxy groups -OCH3 is 1. The van der Waals surface area contributed by atoms with Crippen LogP contribution < -0.4 is 10.1 Å². The number of benzene rings is 1. The molecule has 0 saturated carbocycles. The molecule has 0 amide bonds. The standard InChI is InChI=1S/C17H23FN4OS.HI/c1-5-13-9-20-16(24-13)10-21-17(19-2)22(3)11-12-6-7-15(23-4)14(18)8-12;/h6-9H,5,10-11H2,1-4H3,(H,19,21);1H. The zero-order valence-electron chi connectivity index (χ0n) is 14.9. The van der Waals surface area contributed by atoms with E-state index in [2.05, 4.69) is 22.2 Å². The number of nitrogens with one attached hydrogen (secondary N) is 1. The van der Waals surface area contributed by atoms with Crippen LogP contribution in [0, 0.1) is 5.82 Å². The molecule has 5 nitrogen and oxygen atoms in total. The Hall–Kier alpha value is -1.42. The number of aliphatic imine (C=N–C) groups is 1. The summed E-state index contributed by atoms with van der Waals surface area (Å²) in [5.74, 6) is 0.625. The lowest BCUT2D eigenvalue weighted by Crippen LogP contribution is -2.38. The summed E-state index contributed by atoms with van der Waals surface area (Å²) in [6.45, 7) is 3.28. The van der Waals surface area contributed by atoms with Crippen molar-refractivity contribution in [2.45, 2.75) is 26.4 Å². The molecular weight excluding hydrogens is 454 g/mol. The summed E-state index contributed by atoms with van der Waals surface area (Å²) < 4.78 is 18.7. The van der Waals surface area contributed by atoms with Crippen LogP contribution in [0.1, 0.15) is 22.4 Å². The van der Waals surface area contributed by atoms with Gasteiger partial charge in [0.25, 0.3) is 0 Å². The Morgan fingerprint density at radius 1 is 1.44 bits per heavy atom. The lowest BCUT2D eigenvalue weighted by atomic mass is 10.2. The minimum absolute atomic E-state index is 0. The molecule has 1 aromatic carbocycles. The molecule has 0 saturated heterocycles. The quantitative estimate of drug-likeness (QED) is 0.391. The van der Waals surface area contributed by atoms with E-state index in [-0.39, 0.29) is 35.5 Å². The van der Waals surface area contributed by atoms with E-state index in [4.69, 9.17) is 4.74 Å². The van der Waals surface area contributed by atoms with Gasteiger partial charge in [-0.25, -0.2) is 9.37 Å². The van der Waals surface area contributed by atoms with Crippen molar-refractivity contribution in [3.05, 3.63) is 45.7 Å². The summed E-state index contributed by atoms with van der Waals surface area (Å²) in [7, 11) is 5.10. The van der Waals surface area contributed by atoms with Crippen LogP contribution >= 0.6 is 35.3 Å². The number of nitrogens with zero attached hydrogens (tertiary/aromatic N) is 3. The number of hydrogen-bond acceptors (Lipinski definition) is 4. The van der Waals surface area contributed by atoms with Crippen LogP contribution in [0.25, 0.3) is 0 Å². The fourth-order valence-electron chi connectivity index (χ4n) is 2.29. The maximum Gasteiger partial charge on any atom is 0.194 e. The molecular formula is C17H24FIN4OS. The van der Waals surface area contributed by atoms with Gasteiger partial charge in [-0.05, 0) is 24.1 Å². The van der Waals surface area contributed by atoms with E-state index in [1.54, 1.807) is 24.5 Å². The highest BCUT2D eigenvalue weighted by Gasteiger charge is 2.10. The molecule has 0 aliphatic carbocycles. The van der Waals surface area contributed by atoms with Gasteiger partial charge in [0.15, 0.2) is 17.5 Å². The van der Waals surface area contributed by atoms with Crippen molar-refractivity contribution in [2.24, 2.45) is 4.99 Å². The summed E-state index contributed by atoms with van der Waals surface area (Å²) in [6.07, 6.45) is 2.91. The average Bonchev–Trinajstić information content (AvgIpc) is 3.03. The van der Waals surface area contributed by atoms with Crippen LogP contribution in [0.3, 0.4) is 0 Å². The Morgan fingerprint density at radius 3 is 2.76 bits per heavy atom. The monoisotopic (exact) mass is 478 g/mol. The van der Waals surface area contributed by atoms with Crippen molar-refractivity contribution in [1.82, 2.24) is 15.2 Å². The first-order valence-corrected chi connectivity index (χ1v) is 8.56. The maximum atomic E-state index is 13.8. The minimum Gasteiger partial charge on any atom is -0.494 e. The molecule has 1 aromatic heterocycles. The van der Waals surface area contributed by atoms with Gasteiger partial charge in [-0.3, -0.25) is 4.99 Å². The molecule has 2 rings (SSSR count). The van der Waals surface area contributed by atoms with Crippen molar-refractivity contribution in [3.63, 3.8) is 0 Å². The van der Waals surface area contributed by atoms with E-state index < -0.39 is 0 Å². The molecule has 1 N–H and O–H groups in total. The number of aromatic nitrogens is 1. The highest BCUT2D eigenvalue weighted by molar-refractivity contribution is 14.0. The van der Waals surface area contributed by atoms with Gasteiger partial charge in [0, 0.05) is 31.7 Å². The van der Waals surface area contributed by atoms with Gasteiger partial charge in [-0.15, -0.1) is 35.3 Å². The van der Waals surface area contributed by atoms with E-state index in [0.717, 1.165) is 23.0 Å². The Labute approximate surface area is 169 Å². The first kappa shape index (κ1) is 21.6. The van der Waals surface area contributed by atoms with Crippen molar-refractivity contribution in [3.8, 4) is 5.75 Å². The van der Waals surface area contributed by atoms with Gasteiger partial charge >= 0.3 is 0 Å². The lowest BCUT2D eigenvalue weighted by Gasteiger charge is -2.22. The molecule has 0 fully saturated rings. The normalized spacial score (nSPS) is 11.0. The van der Waals surface area contributed by atoms with Gasteiger partial charge in [0.1, 0.15) is 5.01 Å². The van der Waals surface area contributed by atoms with Crippen LogP contribution in [0.5, 0.6) is 5.75 Å². The predicted molar refractivity (Wildman–Crippen MR) is 112 cm³/mol. The molecule has 0 bridgehead atoms. The largest absolute Gasteiger partial charge is 0.494 e. The summed E-state index contributed by atoms with van der Waals surface area (Å²) in [4.78, 5) is 11.9. The van der Waals surface area contributed by atoms with E-state index in [1.807, 2.05) is 24.2 Å². The van der Waals surface area contributed by atoms with Crippen LogP contribution in [0.4, 0.5) is 4.39 Å². The van der Waals surface area contributed by atoms with Crippen molar-refractivity contribution in [2.75, 3.05) is 21.2 Å². The average molecular weight is 478 g/mol. The zero-order valence-corrected chi connectivity index (χ0v) is 18.0. The SMILES string of the molecule is CCc1cnc(CNC(=NC)N(C)Cc2ccc(OC)c(F)c2)s1.I. The minimum atomic E-state index is -0.360. The Kier molecular flexibility index (Phi) is 9.12. The molecule has 0 radical (unpaired) electrons. The van der Waals surface area contributed by atoms with Gasteiger partial charge in [0.2, 0.25) is 0 Å². The number of ether oxygens (including phenoxy) is 1. The summed E-state index contributed by atoms with van der Waals surface area (Å²) in [5, 5.41) is 4.31. The third-order valence-corrected chi connectivity index (χ3v) is 4.70. The smallest absolute Gasteiger partial charge is 0.194 e. The first-order valence-electron chi connectivity index (χ1n) is 7.75. The van der Waals surface area contributed by atoms with Crippen LogP contribution in [-0.4, -0.2) is 37.0 Å². The second-order valence-electron chi connectivity index (χ2n) is 5.30. The molecule has 1 heterocycles. The van der Waals surface area contributed by atoms with Gasteiger partial charge in [-0.2, -0.15) is 0 Å². The van der Waals surface area contributed by atoms with Crippen molar-refractivity contribution < 1.29 is 9.13 Å². The van der Waals surface area contributed by atoms with Crippen molar-refractivity contribution >= 4 is 41.3 Å². The fraction of sp³-hybridized carbons (Fsp3) is 0.412. The maximum absolute atomic E-state index is 13.8. The number of aryl methyl sites for hydroxylation is 1. The molecule has 138 valence electrons. The third kappa shape index (κ3) is 6.10. The molecule has 25 heavy (non-hydrogen) atoms. The van der Waals surface area contributed by atoms with Crippen molar-refractivity contribution in [1.29, 1.82) is 0 Å². The van der Waals surface area contributed by atoms with Gasteiger partial charge in [-0.1, -0.05) is 13.0 Å². The second kappa shape index (κ2) is 10.5. The van der Waals surface area contributed by atoms with Crippen LogP contribution in [0.2, 0.25) is 0 Å². The number of rotatable bonds is 6. The molecule has 0 aliphatic rings. The summed E-state index contributed by atoms with van der Waals surface area (Å²) >= 11 is 1.70. The molecule has 0 spiro atoms. The van der Waals surface area contributed by atoms with Gasteiger partial charge < -0.3 is 15.0 Å². The predicted octanol–water partition coefficient (Wildman–Crippen LogP) is 3.68. The molecule has 2 aromatic rings. The Bertz CT molecular complexity index is 708. The fourth-order valence-corrected chi connectivity index (χ4v) is 3.09. The lowest BCUT2D eigenvalue weighted by molar-refractivity contribution is 0.385. The molecule has 0 aliphatic heterocycles.